The summed E-state index contributed by atoms with van der Waals surface area (Å²) in [6, 6.07) is 21.2. The maximum atomic E-state index is 15.3. The van der Waals surface area contributed by atoms with Gasteiger partial charge in [-0.1, -0.05) is 74.9 Å². The van der Waals surface area contributed by atoms with Crippen LogP contribution in [0.3, 0.4) is 0 Å². The van der Waals surface area contributed by atoms with Crippen LogP contribution in [0.5, 0.6) is 17.2 Å². The highest BCUT2D eigenvalue weighted by Gasteiger charge is 2.78. The first kappa shape index (κ1) is 58.0. The van der Waals surface area contributed by atoms with E-state index in [0.29, 0.717) is 79.1 Å². The lowest BCUT2D eigenvalue weighted by molar-refractivity contribution is -0.197. The van der Waals surface area contributed by atoms with Crippen LogP contribution in [0.15, 0.2) is 94.2 Å². The van der Waals surface area contributed by atoms with Crippen molar-refractivity contribution in [3.05, 3.63) is 128 Å². The fourth-order valence-corrected chi connectivity index (χ4v) is 17.7. The van der Waals surface area contributed by atoms with Crippen LogP contribution in [0.4, 0.5) is 5.69 Å². The van der Waals surface area contributed by atoms with Gasteiger partial charge in [0.1, 0.15) is 39.4 Å². The minimum Gasteiger partial charge on any atom is -0.507 e. The second-order valence-corrected chi connectivity index (χ2v) is 25.6. The molecule has 0 amide bonds. The van der Waals surface area contributed by atoms with Gasteiger partial charge in [0.2, 0.25) is 0 Å². The number of carbonyl (C=O) groups excluding carboxylic acids is 2. The summed E-state index contributed by atoms with van der Waals surface area (Å²) in [5, 5.41) is 58.0. The zero-order valence-electron chi connectivity index (χ0n) is 49.2. The predicted molar refractivity (Wildman–Crippen MR) is 321 cm³/mol. The molecular weight excluding hydrogens is 1090 g/mol. The van der Waals surface area contributed by atoms with Crippen LogP contribution in [0.1, 0.15) is 93.2 Å². The molecule has 12 atom stereocenters. The number of para-hydroxylation sites is 1. The number of carbonyl (C=O) groups is 2. The Hall–Kier alpha value is -6.44. The zero-order valence-corrected chi connectivity index (χ0v) is 50.0. The number of hydrogen-bond donors (Lipinski definition) is 6. The molecule has 4 aromatic carbocycles. The average Bonchev–Trinajstić information content (AvgIpc) is 1.65. The smallest absolute Gasteiger partial charge is 0.340 e. The van der Waals surface area contributed by atoms with E-state index < -0.39 is 62.8 Å². The van der Waals surface area contributed by atoms with E-state index in [1.807, 2.05) is 51.0 Å². The molecule has 17 nitrogen and oxygen atoms in total. The number of aliphatic hydroxyl groups is 3. The van der Waals surface area contributed by atoms with Gasteiger partial charge in [-0.25, -0.2) is 4.79 Å². The van der Waals surface area contributed by atoms with Crippen LogP contribution in [0.25, 0.3) is 33.2 Å². The summed E-state index contributed by atoms with van der Waals surface area (Å²) in [5.74, 6) is -1.75. The van der Waals surface area contributed by atoms with Gasteiger partial charge in [-0.2, -0.15) is 0 Å². The molecule has 8 heterocycles. The van der Waals surface area contributed by atoms with E-state index in [4.69, 9.17) is 30.2 Å². The molecule has 1 saturated carbocycles. The van der Waals surface area contributed by atoms with E-state index in [-0.39, 0.29) is 46.2 Å². The molecule has 6 aliphatic heterocycles. The van der Waals surface area contributed by atoms with E-state index in [1.54, 1.807) is 31.4 Å². The third-order valence-electron chi connectivity index (χ3n) is 21.2. The Morgan fingerprint density at radius 1 is 0.869 bits per heavy atom. The van der Waals surface area contributed by atoms with Gasteiger partial charge >= 0.3 is 11.9 Å². The summed E-state index contributed by atoms with van der Waals surface area (Å²) in [6.07, 6.45) is 7.99. The Morgan fingerprint density at radius 2 is 1.62 bits per heavy atom. The van der Waals surface area contributed by atoms with E-state index in [1.165, 1.54) is 20.3 Å². The van der Waals surface area contributed by atoms with Gasteiger partial charge < -0.3 is 58.9 Å². The van der Waals surface area contributed by atoms with Crippen molar-refractivity contribution >= 4 is 51.1 Å². The highest BCUT2D eigenvalue weighted by molar-refractivity contribution is 6.33. The number of β-amino-alcohol motifs (C(OH)–C–C–N with tert-alkyl or cyclic N) is 1. The van der Waals surface area contributed by atoms with Crippen LogP contribution < -0.4 is 15.1 Å². The molecule has 446 valence electrons. The van der Waals surface area contributed by atoms with Crippen LogP contribution >= 0.6 is 11.6 Å². The second kappa shape index (κ2) is 21.2. The minimum absolute atomic E-state index is 0.0188. The van der Waals surface area contributed by atoms with Crippen molar-refractivity contribution in [1.82, 2.24) is 19.7 Å². The van der Waals surface area contributed by atoms with E-state index >= 15 is 4.79 Å². The van der Waals surface area contributed by atoms with E-state index in [2.05, 4.69) is 57.0 Å². The van der Waals surface area contributed by atoms with Gasteiger partial charge in [-0.05, 0) is 106 Å². The van der Waals surface area contributed by atoms with E-state index in [0.717, 1.165) is 78.6 Å². The number of fused-ring (bicyclic) bond motifs is 7. The highest BCUT2D eigenvalue weighted by Crippen LogP contribution is 2.69. The number of piperidine rings is 2. The number of methoxy groups -OCH3 is 3. The molecule has 6 N–H and O–H groups in total. The number of rotatable bonds is 8. The number of likely N-dealkylation sites (tertiary alicyclic amines) is 1. The fraction of sp³-hybridized carbons (Fsp3) is 0.500. The van der Waals surface area contributed by atoms with Gasteiger partial charge in [0.05, 0.1) is 44.1 Å². The molecule has 4 fully saturated rings. The quantitative estimate of drug-likeness (QED) is 0.0628. The number of ether oxygens (including phenoxy) is 3. The van der Waals surface area contributed by atoms with Gasteiger partial charge in [0, 0.05) is 126 Å². The summed E-state index contributed by atoms with van der Waals surface area (Å²) in [6.45, 7) is 11.1. The number of phenolic OH excluding ortho intramolecular Hbond substituents is 2. The summed E-state index contributed by atoms with van der Waals surface area (Å²) < 4.78 is 23.9. The Labute approximate surface area is 494 Å². The fourth-order valence-electron chi connectivity index (χ4n) is 17.5. The lowest BCUT2D eigenvalue weighted by Crippen LogP contribution is -2.78. The first-order chi connectivity index (χ1) is 40.2. The lowest BCUT2D eigenvalue weighted by atomic mass is 9.45. The second-order valence-electron chi connectivity index (χ2n) is 25.1. The number of esters is 2. The van der Waals surface area contributed by atoms with Crippen molar-refractivity contribution in [2.75, 3.05) is 86.1 Å². The number of nitrogens with zero attached hydrogens (tertiary/aromatic N) is 4. The summed E-state index contributed by atoms with van der Waals surface area (Å²) in [5.41, 5.74) is 0.573. The number of aromatic nitrogens is 1. The van der Waals surface area contributed by atoms with Crippen molar-refractivity contribution in [1.29, 1.82) is 0 Å². The van der Waals surface area contributed by atoms with Crippen LogP contribution in [0.2, 0.25) is 5.02 Å². The SMILES string of the molecule is CC[C@]1(O)C[C@@H]2CN(CCc3c([nH]c4ccccc34)[C@@](C(=O)OC)(c3cc4c(cc3OC)N(C)[C@H]3[C@@](O)(C(=O)OC)[C@H](C)[C@]5(CC)C=CCN6CC[C@]43[C@@H]65)C2)C1.CN1CC[C@H](c2c(O)cc(O)c3c(=O)cc(-c4ccccc4Cl)oc23)[C@H](O)C1. The minimum atomic E-state index is -1.85. The number of aliphatic hydroxyl groups excluding tert-OH is 1. The zero-order chi connectivity index (χ0) is 59.6. The molecule has 7 aliphatic rings. The summed E-state index contributed by atoms with van der Waals surface area (Å²) in [7, 11) is 8.37. The molecule has 18 heteroatoms. The molecule has 2 aromatic heterocycles. The number of H-pyrrole nitrogens is 1. The Kier molecular flexibility index (Phi) is 14.6. The molecule has 2 bridgehead atoms. The molecule has 13 rings (SSSR count). The summed E-state index contributed by atoms with van der Waals surface area (Å²) in [4.78, 5) is 55.0. The molecule has 1 aliphatic carbocycles. The predicted octanol–water partition coefficient (Wildman–Crippen LogP) is 8.00. The molecule has 1 unspecified atom stereocenters. The molecule has 0 radical (unpaired) electrons. The van der Waals surface area contributed by atoms with Crippen molar-refractivity contribution in [2.24, 2.45) is 17.3 Å². The number of hydrogen-bond acceptors (Lipinski definition) is 16. The number of likely N-dealkylation sites (N-methyl/N-ethyl adjacent to an activating group) is 2. The maximum Gasteiger partial charge on any atom is 0.340 e. The number of nitrogens with one attached hydrogen (secondary N) is 1. The average molecular weight is 1170 g/mol. The Balaban J connectivity index is 0.000000207. The first-order valence-corrected chi connectivity index (χ1v) is 30.0. The third kappa shape index (κ3) is 8.40. The first-order valence-electron chi connectivity index (χ1n) is 29.7. The number of aromatic hydroxyl groups is 2. The number of anilines is 1. The molecule has 1 spiro atoms. The van der Waals surface area contributed by atoms with Gasteiger partial charge in [0.15, 0.2) is 11.0 Å². The normalized spacial score (nSPS) is 32.5. The monoisotopic (exact) mass is 1170 g/mol. The number of halogens is 1. The van der Waals surface area contributed by atoms with Crippen LogP contribution in [-0.2, 0) is 36.3 Å². The topological polar surface area (TPSA) is 222 Å². The van der Waals surface area contributed by atoms with Crippen LogP contribution in [0, 0.1) is 17.3 Å². The van der Waals surface area contributed by atoms with Crippen molar-refractivity contribution < 1.29 is 53.7 Å². The Bertz CT molecular complexity index is 3700. The van der Waals surface area contributed by atoms with Crippen LogP contribution in [-0.4, -0.2) is 168 Å². The molecule has 3 saturated heterocycles. The van der Waals surface area contributed by atoms with Gasteiger partial charge in [0.25, 0.3) is 0 Å². The molecule has 6 aromatic rings. The lowest BCUT2D eigenvalue weighted by Gasteiger charge is -2.64. The standard InChI is InChI=1S/C45H58N4O7.C21H20ClNO5/c1-8-41(52)23-28-24-44(39(50)55-6,36-30(15-19-48(25-28)26-41)29-13-10-11-14-33(29)46-36)32-21-31-34(22-35(32)54-5)47(4)38-43(31)17-20-49-18-12-16-42(9-2,37(43)49)27(3)45(38,53)40(51)56-7;1-23-7-6-12(17(27)10-23)19-14(24)8-15(25)20-16(26)9-18(28-21(19)20)11-4-2-3-5-13(11)22/h10-14,16,21-22,27-28,37-38,46,52-53H,8-9,15,17-20,23-26H2,1-7H3;2-5,8-9,12,17,24-25,27H,6-7,10H2,1H3/t27-,28+,37+,38-,41+,42+,43-,44+,45-;12-,17+/m10/s1. The Morgan fingerprint density at radius 3 is 2.33 bits per heavy atom. The third-order valence-corrected chi connectivity index (χ3v) is 21.5. The number of benzene rings is 4. The number of phenols is 2. The van der Waals surface area contributed by atoms with Crippen molar-refractivity contribution in [3.8, 4) is 28.6 Å². The maximum absolute atomic E-state index is 15.3. The largest absolute Gasteiger partial charge is 0.507 e. The van der Waals surface area contributed by atoms with E-state index in [9.17, 15) is 35.1 Å². The van der Waals surface area contributed by atoms with Crippen molar-refractivity contribution in [3.63, 3.8) is 0 Å². The molecular formula is C66H78ClN5O12. The number of aromatic amines is 1. The highest BCUT2D eigenvalue weighted by atomic mass is 35.5. The summed E-state index contributed by atoms with van der Waals surface area (Å²) >= 11 is 6.25. The van der Waals surface area contributed by atoms with Gasteiger partial charge in [-0.3, -0.25) is 19.4 Å². The van der Waals surface area contributed by atoms with Crippen molar-refractivity contribution in [2.45, 2.75) is 112 Å². The van der Waals surface area contributed by atoms with Gasteiger partial charge in [-0.15, -0.1) is 0 Å². The molecule has 84 heavy (non-hydrogen) atoms.